The number of hydrogen-bond acceptors (Lipinski definition) is 5. The molecule has 3 aromatic carbocycles. The van der Waals surface area contributed by atoms with Crippen LogP contribution in [0.1, 0.15) is 39.9 Å². The van der Waals surface area contributed by atoms with Crippen molar-refractivity contribution in [2.45, 2.75) is 19.4 Å². The molecule has 0 unspecified atom stereocenters. The molecule has 0 saturated carbocycles. The molecule has 0 radical (unpaired) electrons. The number of halogens is 2. The van der Waals surface area contributed by atoms with Crippen LogP contribution >= 0.6 is 38.5 Å². The van der Waals surface area contributed by atoms with Crippen molar-refractivity contribution in [1.82, 2.24) is 5.32 Å². The van der Waals surface area contributed by atoms with Gasteiger partial charge < -0.3 is 14.8 Å². The molecule has 1 N–H and O–H groups in total. The SMILES string of the molecule is COC(=O)C1=C(C)NC2=C(C(=O)c3ccccc32)[C@H]1c1ccc(OCc2ccc(Br)cc2)c(I)c1. The summed E-state index contributed by atoms with van der Waals surface area (Å²) in [4.78, 5) is 26.4. The maximum atomic E-state index is 13.5. The van der Waals surface area contributed by atoms with Gasteiger partial charge in [-0.25, -0.2) is 4.79 Å². The van der Waals surface area contributed by atoms with E-state index in [1.807, 2.05) is 73.7 Å². The number of esters is 1. The second-order valence-corrected chi connectivity index (χ2v) is 10.4. The lowest BCUT2D eigenvalue weighted by Crippen LogP contribution is -2.29. The van der Waals surface area contributed by atoms with Gasteiger partial charge >= 0.3 is 5.97 Å². The van der Waals surface area contributed by atoms with Crippen LogP contribution in [0.5, 0.6) is 5.75 Å². The van der Waals surface area contributed by atoms with Gasteiger partial charge in [-0.2, -0.15) is 0 Å². The molecule has 1 atom stereocenters. The number of dihydropyridines is 1. The molecule has 0 saturated heterocycles. The first kappa shape index (κ1) is 23.8. The highest BCUT2D eigenvalue weighted by Gasteiger charge is 2.42. The summed E-state index contributed by atoms with van der Waals surface area (Å²) in [6.45, 7) is 2.28. The predicted molar refractivity (Wildman–Crippen MR) is 146 cm³/mol. The Hall–Kier alpha value is -2.91. The van der Waals surface area contributed by atoms with Crippen LogP contribution in [0.4, 0.5) is 0 Å². The topological polar surface area (TPSA) is 64.6 Å². The average molecular weight is 642 g/mol. The number of carbonyl (C=O) groups is 2. The molecule has 1 heterocycles. The van der Waals surface area contributed by atoms with Gasteiger partial charge in [-0.3, -0.25) is 4.79 Å². The number of ether oxygens (including phenoxy) is 2. The molecule has 1 aliphatic carbocycles. The Morgan fingerprint density at radius 3 is 2.46 bits per heavy atom. The van der Waals surface area contributed by atoms with Crippen molar-refractivity contribution < 1.29 is 19.1 Å². The van der Waals surface area contributed by atoms with Crippen LogP contribution in [-0.4, -0.2) is 18.9 Å². The Balaban J connectivity index is 1.53. The normalized spacial score (nSPS) is 16.6. The number of allylic oxidation sites excluding steroid dienone is 2. The summed E-state index contributed by atoms with van der Waals surface area (Å²) in [5.41, 5.74) is 5.82. The van der Waals surface area contributed by atoms with Gasteiger partial charge in [-0.1, -0.05) is 58.4 Å². The Labute approximate surface area is 225 Å². The van der Waals surface area contributed by atoms with E-state index in [1.165, 1.54) is 7.11 Å². The molecule has 35 heavy (non-hydrogen) atoms. The number of ketones is 1. The van der Waals surface area contributed by atoms with Gasteiger partial charge in [0.2, 0.25) is 0 Å². The fraction of sp³-hybridized carbons (Fsp3) is 0.143. The second kappa shape index (κ2) is 9.62. The van der Waals surface area contributed by atoms with E-state index in [1.54, 1.807) is 0 Å². The summed E-state index contributed by atoms with van der Waals surface area (Å²) < 4.78 is 13.1. The Morgan fingerprint density at radius 1 is 1.06 bits per heavy atom. The Kier molecular flexibility index (Phi) is 6.55. The van der Waals surface area contributed by atoms with Crippen LogP contribution in [-0.2, 0) is 16.1 Å². The molecule has 7 heteroatoms. The summed E-state index contributed by atoms with van der Waals surface area (Å²) in [7, 11) is 1.36. The van der Waals surface area contributed by atoms with Gasteiger partial charge in [-0.05, 0) is 64.9 Å². The molecule has 0 aromatic heterocycles. The van der Waals surface area contributed by atoms with Crippen molar-refractivity contribution in [3.63, 3.8) is 0 Å². The van der Waals surface area contributed by atoms with Crippen LogP contribution in [0.25, 0.3) is 5.70 Å². The standard InChI is InChI=1S/C28H21BrINO4/c1-15-23(28(33)34-2)24(25-26(31-15)19-5-3-4-6-20(19)27(25)32)17-9-12-22(21(30)13-17)35-14-16-7-10-18(29)11-8-16/h3-13,24,31H,14H2,1-2H3/t24-/m0/s1. The summed E-state index contributed by atoms with van der Waals surface area (Å²) in [6.07, 6.45) is 0. The molecule has 0 bridgehead atoms. The highest BCUT2D eigenvalue weighted by Crippen LogP contribution is 2.47. The highest BCUT2D eigenvalue weighted by molar-refractivity contribution is 14.1. The van der Waals surface area contributed by atoms with Crippen molar-refractivity contribution in [2.75, 3.05) is 7.11 Å². The zero-order valence-corrected chi connectivity index (χ0v) is 22.8. The van der Waals surface area contributed by atoms with Crippen molar-refractivity contribution in [2.24, 2.45) is 0 Å². The fourth-order valence-electron chi connectivity index (χ4n) is 4.60. The van der Waals surface area contributed by atoms with Crippen LogP contribution in [0.2, 0.25) is 0 Å². The van der Waals surface area contributed by atoms with E-state index >= 15 is 0 Å². The molecule has 0 amide bonds. The minimum absolute atomic E-state index is 0.0763. The van der Waals surface area contributed by atoms with Gasteiger partial charge in [-0.15, -0.1) is 0 Å². The molecular formula is C28H21BrINO4. The first-order chi connectivity index (χ1) is 16.9. The van der Waals surface area contributed by atoms with E-state index in [0.717, 1.165) is 36.2 Å². The third kappa shape index (κ3) is 4.31. The number of rotatable bonds is 5. The number of methoxy groups -OCH3 is 1. The van der Waals surface area contributed by atoms with Crippen molar-refractivity contribution in [3.8, 4) is 5.75 Å². The lowest BCUT2D eigenvalue weighted by Gasteiger charge is -2.29. The van der Waals surface area contributed by atoms with Crippen molar-refractivity contribution >= 4 is 56.0 Å². The number of hydrogen-bond donors (Lipinski definition) is 1. The predicted octanol–water partition coefficient (Wildman–Crippen LogP) is 6.37. The average Bonchev–Trinajstić information content (AvgIpc) is 3.14. The molecule has 0 spiro atoms. The zero-order valence-electron chi connectivity index (χ0n) is 19.0. The molecular weight excluding hydrogens is 621 g/mol. The van der Waals surface area contributed by atoms with Gasteiger partial charge in [0.15, 0.2) is 5.78 Å². The van der Waals surface area contributed by atoms with E-state index in [4.69, 9.17) is 9.47 Å². The van der Waals surface area contributed by atoms with E-state index in [9.17, 15) is 9.59 Å². The lowest BCUT2D eigenvalue weighted by atomic mass is 9.80. The molecule has 2 aliphatic rings. The third-order valence-electron chi connectivity index (χ3n) is 6.25. The highest BCUT2D eigenvalue weighted by atomic mass is 127. The summed E-state index contributed by atoms with van der Waals surface area (Å²) >= 11 is 5.68. The number of fused-ring (bicyclic) bond motifs is 2. The Morgan fingerprint density at radius 2 is 1.77 bits per heavy atom. The maximum Gasteiger partial charge on any atom is 0.336 e. The third-order valence-corrected chi connectivity index (χ3v) is 7.62. The van der Waals surface area contributed by atoms with E-state index in [-0.39, 0.29) is 5.78 Å². The minimum Gasteiger partial charge on any atom is -0.488 e. The number of benzene rings is 3. The van der Waals surface area contributed by atoms with Crippen LogP contribution in [0.3, 0.4) is 0 Å². The maximum absolute atomic E-state index is 13.5. The second-order valence-electron chi connectivity index (χ2n) is 8.36. The van der Waals surface area contributed by atoms with Gasteiger partial charge in [0.25, 0.3) is 0 Å². The monoisotopic (exact) mass is 641 g/mol. The molecule has 5 rings (SSSR count). The number of nitrogens with one attached hydrogen (secondary N) is 1. The van der Waals surface area contributed by atoms with Crippen LogP contribution in [0, 0.1) is 3.57 Å². The number of Topliss-reactive ketones (excluding diaryl/α,β-unsaturated/α-hetero) is 1. The first-order valence-electron chi connectivity index (χ1n) is 11.0. The fourth-order valence-corrected chi connectivity index (χ4v) is 5.56. The molecule has 3 aromatic rings. The first-order valence-corrected chi connectivity index (χ1v) is 12.9. The summed E-state index contributed by atoms with van der Waals surface area (Å²) in [6, 6.07) is 21.3. The van der Waals surface area contributed by atoms with Crippen molar-refractivity contribution in [3.05, 3.63) is 114 Å². The van der Waals surface area contributed by atoms with E-state index in [0.29, 0.717) is 29.0 Å². The summed E-state index contributed by atoms with van der Waals surface area (Å²) in [5.74, 6) is -0.345. The largest absolute Gasteiger partial charge is 0.488 e. The molecule has 1 aliphatic heterocycles. The molecule has 0 fully saturated rings. The van der Waals surface area contributed by atoms with Gasteiger partial charge in [0.05, 0.1) is 22.0 Å². The van der Waals surface area contributed by atoms with E-state index in [2.05, 4.69) is 43.8 Å². The lowest BCUT2D eigenvalue weighted by molar-refractivity contribution is -0.136. The van der Waals surface area contributed by atoms with Crippen molar-refractivity contribution in [1.29, 1.82) is 0 Å². The number of carbonyl (C=O) groups excluding carboxylic acids is 2. The van der Waals surface area contributed by atoms with Crippen LogP contribution < -0.4 is 10.1 Å². The smallest absolute Gasteiger partial charge is 0.336 e. The molecule has 5 nitrogen and oxygen atoms in total. The Bertz CT molecular complexity index is 1430. The van der Waals surface area contributed by atoms with Crippen LogP contribution in [0.15, 0.2) is 88.0 Å². The minimum atomic E-state index is -0.548. The van der Waals surface area contributed by atoms with Gasteiger partial charge in [0.1, 0.15) is 12.4 Å². The quantitative estimate of drug-likeness (QED) is 0.259. The zero-order chi connectivity index (χ0) is 24.7. The summed E-state index contributed by atoms with van der Waals surface area (Å²) in [5, 5.41) is 3.31. The van der Waals surface area contributed by atoms with E-state index < -0.39 is 11.9 Å². The molecule has 176 valence electrons. The van der Waals surface area contributed by atoms with Gasteiger partial charge in [0, 0.05) is 32.8 Å².